The van der Waals surface area contributed by atoms with Crippen LogP contribution in [0.25, 0.3) is 11.1 Å². The van der Waals surface area contributed by atoms with Gasteiger partial charge >= 0.3 is 0 Å². The number of pyridine rings is 1. The van der Waals surface area contributed by atoms with Gasteiger partial charge in [0.15, 0.2) is 0 Å². The second-order valence-electron chi connectivity index (χ2n) is 6.00. The third-order valence-electron chi connectivity index (χ3n) is 4.12. The first kappa shape index (κ1) is 17.9. The SMILES string of the molecule is Cc1cc(F)ccc1-c1cnc(N)c(C(=O)Nc2c(C)cccc2Cl)c1. The van der Waals surface area contributed by atoms with E-state index in [-0.39, 0.29) is 17.2 Å². The van der Waals surface area contributed by atoms with Gasteiger partial charge in [-0.25, -0.2) is 9.37 Å². The molecule has 0 saturated carbocycles. The quantitative estimate of drug-likeness (QED) is 0.683. The maximum atomic E-state index is 13.3. The minimum atomic E-state index is -0.409. The van der Waals surface area contributed by atoms with Crippen LogP contribution >= 0.6 is 11.6 Å². The molecule has 0 aliphatic rings. The Morgan fingerprint density at radius 3 is 2.62 bits per heavy atom. The Balaban J connectivity index is 1.99. The number of para-hydroxylation sites is 1. The van der Waals surface area contributed by atoms with E-state index in [1.165, 1.54) is 12.1 Å². The molecule has 0 spiro atoms. The van der Waals surface area contributed by atoms with E-state index in [1.807, 2.05) is 13.0 Å². The van der Waals surface area contributed by atoms with Crippen LogP contribution in [0, 0.1) is 19.7 Å². The highest BCUT2D eigenvalue weighted by Gasteiger charge is 2.16. The predicted molar refractivity (Wildman–Crippen MR) is 103 cm³/mol. The number of nitrogens with zero attached hydrogens (tertiary/aromatic N) is 1. The minimum Gasteiger partial charge on any atom is -0.383 e. The van der Waals surface area contributed by atoms with Crippen molar-refractivity contribution >= 4 is 29.0 Å². The molecule has 0 saturated heterocycles. The highest BCUT2D eigenvalue weighted by Crippen LogP contribution is 2.28. The Bertz CT molecular complexity index is 984. The van der Waals surface area contributed by atoms with E-state index in [9.17, 15) is 9.18 Å². The van der Waals surface area contributed by atoms with E-state index in [1.54, 1.807) is 37.4 Å². The van der Waals surface area contributed by atoms with Crippen LogP contribution in [0.2, 0.25) is 5.02 Å². The molecule has 3 aromatic rings. The smallest absolute Gasteiger partial charge is 0.259 e. The third-order valence-corrected chi connectivity index (χ3v) is 4.44. The zero-order chi connectivity index (χ0) is 18.8. The standard InChI is InChI=1S/C20H17ClFN3O/c1-11-4-3-5-17(21)18(11)25-20(26)16-9-13(10-24-19(16)23)15-7-6-14(22)8-12(15)2/h3-10H,1-2H3,(H2,23,24)(H,25,26). The van der Waals surface area contributed by atoms with Gasteiger partial charge in [-0.05, 0) is 54.8 Å². The molecule has 4 nitrogen and oxygen atoms in total. The number of nitrogen functional groups attached to an aromatic ring is 1. The summed E-state index contributed by atoms with van der Waals surface area (Å²) in [5, 5.41) is 3.23. The fourth-order valence-corrected chi connectivity index (χ4v) is 3.00. The van der Waals surface area contributed by atoms with Crippen molar-refractivity contribution in [3.63, 3.8) is 0 Å². The Hall–Kier alpha value is -2.92. The van der Waals surface area contributed by atoms with Crippen molar-refractivity contribution in [2.75, 3.05) is 11.1 Å². The summed E-state index contributed by atoms with van der Waals surface area (Å²) < 4.78 is 13.3. The molecule has 6 heteroatoms. The number of nitrogens with one attached hydrogen (secondary N) is 1. The number of carbonyl (C=O) groups is 1. The van der Waals surface area contributed by atoms with Gasteiger partial charge in [0.05, 0.1) is 16.3 Å². The average Bonchev–Trinajstić information content (AvgIpc) is 2.59. The second-order valence-corrected chi connectivity index (χ2v) is 6.41. The molecule has 132 valence electrons. The molecule has 1 aromatic heterocycles. The molecule has 0 aliphatic heterocycles. The van der Waals surface area contributed by atoms with E-state index < -0.39 is 5.91 Å². The first-order chi connectivity index (χ1) is 12.4. The summed E-state index contributed by atoms with van der Waals surface area (Å²) in [5.41, 5.74) is 9.69. The number of hydrogen-bond donors (Lipinski definition) is 2. The van der Waals surface area contributed by atoms with Crippen molar-refractivity contribution in [2.24, 2.45) is 0 Å². The number of anilines is 2. The van der Waals surface area contributed by atoms with Gasteiger partial charge in [0, 0.05) is 11.8 Å². The van der Waals surface area contributed by atoms with Gasteiger partial charge in [-0.2, -0.15) is 0 Å². The number of aromatic nitrogens is 1. The number of amides is 1. The number of benzene rings is 2. The molecule has 2 aromatic carbocycles. The van der Waals surface area contributed by atoms with Crippen LogP contribution in [0.1, 0.15) is 21.5 Å². The number of hydrogen-bond acceptors (Lipinski definition) is 3. The van der Waals surface area contributed by atoms with Crippen molar-refractivity contribution < 1.29 is 9.18 Å². The molecule has 1 amide bonds. The minimum absolute atomic E-state index is 0.107. The molecular formula is C20H17ClFN3O. The Kier molecular flexibility index (Phi) is 4.91. The van der Waals surface area contributed by atoms with Crippen LogP contribution < -0.4 is 11.1 Å². The Morgan fingerprint density at radius 2 is 1.92 bits per heavy atom. The van der Waals surface area contributed by atoms with Crippen molar-refractivity contribution in [1.82, 2.24) is 4.98 Å². The van der Waals surface area contributed by atoms with E-state index in [2.05, 4.69) is 10.3 Å². The summed E-state index contributed by atoms with van der Waals surface area (Å²) in [6, 6.07) is 11.4. The fraction of sp³-hybridized carbons (Fsp3) is 0.100. The first-order valence-corrected chi connectivity index (χ1v) is 8.33. The largest absolute Gasteiger partial charge is 0.383 e. The van der Waals surface area contributed by atoms with Crippen molar-refractivity contribution in [1.29, 1.82) is 0 Å². The van der Waals surface area contributed by atoms with Gasteiger partial charge in [0.25, 0.3) is 5.91 Å². The average molecular weight is 370 g/mol. The number of nitrogens with two attached hydrogens (primary N) is 1. The number of halogens is 2. The van der Waals surface area contributed by atoms with Crippen molar-refractivity contribution in [3.05, 3.63) is 76.2 Å². The maximum Gasteiger partial charge on any atom is 0.259 e. The molecule has 0 fully saturated rings. The van der Waals surface area contributed by atoms with Gasteiger partial charge in [0.1, 0.15) is 11.6 Å². The van der Waals surface area contributed by atoms with Gasteiger partial charge in [-0.15, -0.1) is 0 Å². The lowest BCUT2D eigenvalue weighted by atomic mass is 10.0. The summed E-state index contributed by atoms with van der Waals surface area (Å²) in [4.78, 5) is 16.8. The zero-order valence-corrected chi connectivity index (χ0v) is 15.1. The van der Waals surface area contributed by atoms with Crippen LogP contribution in [0.15, 0.2) is 48.7 Å². The number of aryl methyl sites for hydroxylation is 2. The van der Waals surface area contributed by atoms with Gasteiger partial charge in [-0.1, -0.05) is 29.8 Å². The Morgan fingerprint density at radius 1 is 1.15 bits per heavy atom. The van der Waals surface area contributed by atoms with E-state index in [0.29, 0.717) is 16.3 Å². The highest BCUT2D eigenvalue weighted by molar-refractivity contribution is 6.34. The molecule has 0 unspecified atom stereocenters. The predicted octanol–water partition coefficient (Wildman–Crippen LogP) is 4.99. The number of rotatable bonds is 3. The summed E-state index contributed by atoms with van der Waals surface area (Å²) in [6.07, 6.45) is 1.56. The fourth-order valence-electron chi connectivity index (χ4n) is 2.73. The van der Waals surface area contributed by atoms with Crippen molar-refractivity contribution in [3.8, 4) is 11.1 Å². The Labute approximate surface area is 155 Å². The van der Waals surface area contributed by atoms with Gasteiger partial charge in [0.2, 0.25) is 0 Å². The topological polar surface area (TPSA) is 68.0 Å². The molecule has 0 aliphatic carbocycles. The second kappa shape index (κ2) is 7.14. The highest BCUT2D eigenvalue weighted by atomic mass is 35.5. The lowest BCUT2D eigenvalue weighted by Crippen LogP contribution is -2.16. The lowest BCUT2D eigenvalue weighted by Gasteiger charge is -2.13. The maximum absolute atomic E-state index is 13.3. The van der Waals surface area contributed by atoms with Crippen molar-refractivity contribution in [2.45, 2.75) is 13.8 Å². The normalized spacial score (nSPS) is 10.6. The van der Waals surface area contributed by atoms with Crippen LogP contribution in [-0.4, -0.2) is 10.9 Å². The van der Waals surface area contributed by atoms with Gasteiger partial charge in [-0.3, -0.25) is 4.79 Å². The van der Waals surface area contributed by atoms with Gasteiger partial charge < -0.3 is 11.1 Å². The van der Waals surface area contributed by atoms with Crippen LogP contribution in [0.3, 0.4) is 0 Å². The molecule has 0 radical (unpaired) electrons. The summed E-state index contributed by atoms with van der Waals surface area (Å²) in [5.74, 6) is -0.620. The molecule has 3 rings (SSSR count). The summed E-state index contributed by atoms with van der Waals surface area (Å²) >= 11 is 6.17. The molecule has 1 heterocycles. The van der Waals surface area contributed by atoms with Crippen LogP contribution in [0.5, 0.6) is 0 Å². The molecular weight excluding hydrogens is 353 g/mol. The summed E-state index contributed by atoms with van der Waals surface area (Å²) in [7, 11) is 0. The molecule has 26 heavy (non-hydrogen) atoms. The molecule has 3 N–H and O–H groups in total. The summed E-state index contributed by atoms with van der Waals surface area (Å²) in [6.45, 7) is 3.64. The van der Waals surface area contributed by atoms with E-state index in [0.717, 1.165) is 16.7 Å². The molecule has 0 atom stereocenters. The lowest BCUT2D eigenvalue weighted by molar-refractivity contribution is 0.102. The van der Waals surface area contributed by atoms with Crippen LogP contribution in [0.4, 0.5) is 15.9 Å². The zero-order valence-electron chi connectivity index (χ0n) is 14.3. The van der Waals surface area contributed by atoms with E-state index in [4.69, 9.17) is 17.3 Å². The monoisotopic (exact) mass is 369 g/mol. The molecule has 0 bridgehead atoms. The van der Waals surface area contributed by atoms with Crippen LogP contribution in [-0.2, 0) is 0 Å². The third kappa shape index (κ3) is 3.53. The number of carbonyl (C=O) groups excluding carboxylic acids is 1. The first-order valence-electron chi connectivity index (χ1n) is 7.95. The van der Waals surface area contributed by atoms with E-state index >= 15 is 0 Å².